The number of aryl methyl sites for hydroxylation is 1. The molecule has 1 N–H and O–H groups in total. The maximum Gasteiger partial charge on any atom is 0.143 e. The van der Waals surface area contributed by atoms with Crippen LogP contribution in [0.15, 0.2) is 28.7 Å². The summed E-state index contributed by atoms with van der Waals surface area (Å²) in [6.07, 6.45) is 0. The van der Waals surface area contributed by atoms with Crippen molar-refractivity contribution in [3.63, 3.8) is 0 Å². The van der Waals surface area contributed by atoms with Crippen molar-refractivity contribution in [3.8, 4) is 11.3 Å². The van der Waals surface area contributed by atoms with Gasteiger partial charge in [-0.15, -0.1) is 0 Å². The van der Waals surface area contributed by atoms with Gasteiger partial charge in [0.05, 0.1) is 12.2 Å². The number of nitrogens with zero attached hydrogens (tertiary/aromatic N) is 2. The molecule has 0 fully saturated rings. The molecular weight excluding hydrogens is 309 g/mol. The van der Waals surface area contributed by atoms with Gasteiger partial charge in [0.15, 0.2) is 0 Å². The summed E-state index contributed by atoms with van der Waals surface area (Å²) in [5.41, 5.74) is 1.93. The predicted molar refractivity (Wildman–Crippen MR) is 77.2 cm³/mol. The molecule has 2 aromatic rings. The van der Waals surface area contributed by atoms with E-state index in [9.17, 15) is 4.39 Å². The molecule has 0 aliphatic heterocycles. The van der Waals surface area contributed by atoms with Gasteiger partial charge in [0.25, 0.3) is 0 Å². The molecule has 0 aliphatic rings. The molecule has 0 radical (unpaired) electrons. The third-order valence-electron chi connectivity index (χ3n) is 2.64. The van der Waals surface area contributed by atoms with Crippen molar-refractivity contribution in [3.05, 3.63) is 46.1 Å². The molecule has 100 valence electrons. The fraction of sp³-hybridized carbons (Fsp3) is 0.286. The van der Waals surface area contributed by atoms with E-state index in [1.54, 1.807) is 18.2 Å². The Morgan fingerprint density at radius 3 is 2.79 bits per heavy atom. The van der Waals surface area contributed by atoms with Crippen molar-refractivity contribution < 1.29 is 4.39 Å². The van der Waals surface area contributed by atoms with Crippen LogP contribution in [0.25, 0.3) is 11.3 Å². The minimum Gasteiger partial charge on any atom is -0.310 e. The van der Waals surface area contributed by atoms with Crippen LogP contribution in [0.5, 0.6) is 0 Å². The molecule has 19 heavy (non-hydrogen) atoms. The van der Waals surface area contributed by atoms with E-state index in [-0.39, 0.29) is 5.82 Å². The highest BCUT2D eigenvalue weighted by Gasteiger charge is 2.09. The fourth-order valence-corrected chi connectivity index (χ4v) is 2.14. The standard InChI is InChI=1S/C14H15BrFN3/c1-3-17-8-14-18-9(2)6-13(19-14)11-7-10(15)4-5-12(11)16/h4-7,17H,3,8H2,1-2H3. The van der Waals surface area contributed by atoms with Gasteiger partial charge in [0.2, 0.25) is 0 Å². The third kappa shape index (κ3) is 3.58. The lowest BCUT2D eigenvalue weighted by molar-refractivity contribution is 0.629. The first-order chi connectivity index (χ1) is 9.10. The monoisotopic (exact) mass is 323 g/mol. The van der Waals surface area contributed by atoms with E-state index in [1.807, 2.05) is 13.8 Å². The SMILES string of the molecule is CCNCc1nc(C)cc(-c2cc(Br)ccc2F)n1. The molecule has 0 unspecified atom stereocenters. The molecule has 0 bridgehead atoms. The van der Waals surface area contributed by atoms with Crippen molar-refractivity contribution in [1.82, 2.24) is 15.3 Å². The van der Waals surface area contributed by atoms with Gasteiger partial charge in [0, 0.05) is 15.7 Å². The summed E-state index contributed by atoms with van der Waals surface area (Å²) < 4.78 is 14.7. The van der Waals surface area contributed by atoms with Gasteiger partial charge in [-0.2, -0.15) is 0 Å². The highest BCUT2D eigenvalue weighted by Crippen LogP contribution is 2.25. The smallest absolute Gasteiger partial charge is 0.143 e. The normalized spacial score (nSPS) is 10.7. The second-order valence-electron chi connectivity index (χ2n) is 4.22. The summed E-state index contributed by atoms with van der Waals surface area (Å²) in [4.78, 5) is 8.75. The lowest BCUT2D eigenvalue weighted by Crippen LogP contribution is -2.15. The van der Waals surface area contributed by atoms with Crippen molar-refractivity contribution in [2.75, 3.05) is 6.54 Å². The van der Waals surface area contributed by atoms with E-state index in [0.29, 0.717) is 23.6 Å². The van der Waals surface area contributed by atoms with Crippen LogP contribution in [0.3, 0.4) is 0 Å². The van der Waals surface area contributed by atoms with E-state index in [0.717, 1.165) is 16.7 Å². The summed E-state index contributed by atoms with van der Waals surface area (Å²) in [7, 11) is 0. The van der Waals surface area contributed by atoms with E-state index in [1.165, 1.54) is 6.07 Å². The summed E-state index contributed by atoms with van der Waals surface area (Å²) in [6.45, 7) is 5.33. The Morgan fingerprint density at radius 2 is 2.05 bits per heavy atom. The van der Waals surface area contributed by atoms with Crippen LogP contribution in [-0.2, 0) is 6.54 Å². The zero-order valence-corrected chi connectivity index (χ0v) is 12.5. The number of rotatable bonds is 4. The molecule has 0 aliphatic carbocycles. The Hall–Kier alpha value is -1.33. The van der Waals surface area contributed by atoms with Crippen LogP contribution in [-0.4, -0.2) is 16.5 Å². The van der Waals surface area contributed by atoms with E-state index >= 15 is 0 Å². The minimum absolute atomic E-state index is 0.282. The summed E-state index contributed by atoms with van der Waals surface area (Å²) in [5, 5.41) is 3.17. The zero-order valence-electron chi connectivity index (χ0n) is 10.9. The molecule has 1 aromatic carbocycles. The Bertz CT molecular complexity index is 587. The van der Waals surface area contributed by atoms with Gasteiger partial charge in [-0.05, 0) is 37.7 Å². The first-order valence-corrected chi connectivity index (χ1v) is 6.90. The number of hydrogen-bond donors (Lipinski definition) is 1. The largest absolute Gasteiger partial charge is 0.310 e. The molecule has 0 saturated carbocycles. The maximum atomic E-state index is 13.9. The Kier molecular flexibility index (Phi) is 4.61. The Labute approximate surface area is 120 Å². The van der Waals surface area contributed by atoms with E-state index in [4.69, 9.17) is 0 Å². The van der Waals surface area contributed by atoms with Gasteiger partial charge in [-0.25, -0.2) is 14.4 Å². The van der Waals surface area contributed by atoms with Crippen LogP contribution in [0, 0.1) is 12.7 Å². The van der Waals surface area contributed by atoms with E-state index in [2.05, 4.69) is 31.2 Å². The lowest BCUT2D eigenvalue weighted by Gasteiger charge is -2.08. The van der Waals surface area contributed by atoms with Crippen LogP contribution < -0.4 is 5.32 Å². The number of benzene rings is 1. The predicted octanol–water partition coefficient (Wildman–Crippen LogP) is 3.46. The highest BCUT2D eigenvalue weighted by molar-refractivity contribution is 9.10. The molecule has 5 heteroatoms. The Morgan fingerprint density at radius 1 is 1.26 bits per heavy atom. The highest BCUT2D eigenvalue weighted by atomic mass is 79.9. The lowest BCUT2D eigenvalue weighted by atomic mass is 10.1. The van der Waals surface area contributed by atoms with Gasteiger partial charge in [-0.3, -0.25) is 0 Å². The minimum atomic E-state index is -0.282. The van der Waals surface area contributed by atoms with Gasteiger partial charge in [-0.1, -0.05) is 22.9 Å². The molecule has 0 spiro atoms. The summed E-state index contributed by atoms with van der Waals surface area (Å²) in [6, 6.07) is 6.63. The van der Waals surface area contributed by atoms with Gasteiger partial charge >= 0.3 is 0 Å². The molecule has 1 aromatic heterocycles. The topological polar surface area (TPSA) is 37.8 Å². The average Bonchev–Trinajstić information content (AvgIpc) is 2.38. The molecule has 0 atom stereocenters. The zero-order chi connectivity index (χ0) is 13.8. The molecular formula is C14H15BrFN3. The molecule has 0 amide bonds. The molecule has 1 heterocycles. The molecule has 2 rings (SSSR count). The second kappa shape index (κ2) is 6.21. The second-order valence-corrected chi connectivity index (χ2v) is 5.13. The summed E-state index contributed by atoms with van der Waals surface area (Å²) >= 11 is 3.35. The third-order valence-corrected chi connectivity index (χ3v) is 3.13. The van der Waals surface area contributed by atoms with Crippen molar-refractivity contribution >= 4 is 15.9 Å². The first-order valence-electron chi connectivity index (χ1n) is 6.11. The van der Waals surface area contributed by atoms with Crippen LogP contribution in [0.2, 0.25) is 0 Å². The van der Waals surface area contributed by atoms with Crippen molar-refractivity contribution in [1.29, 1.82) is 0 Å². The summed E-state index contributed by atoms with van der Waals surface area (Å²) in [5.74, 6) is 0.395. The number of hydrogen-bond acceptors (Lipinski definition) is 3. The molecule has 3 nitrogen and oxygen atoms in total. The van der Waals surface area contributed by atoms with E-state index < -0.39 is 0 Å². The molecule has 0 saturated heterocycles. The van der Waals surface area contributed by atoms with Crippen LogP contribution in [0.1, 0.15) is 18.4 Å². The quantitative estimate of drug-likeness (QED) is 0.936. The van der Waals surface area contributed by atoms with Gasteiger partial charge in [0.1, 0.15) is 11.6 Å². The number of halogens is 2. The first kappa shape index (κ1) is 14.1. The van der Waals surface area contributed by atoms with Crippen LogP contribution in [0.4, 0.5) is 4.39 Å². The maximum absolute atomic E-state index is 13.9. The number of aromatic nitrogens is 2. The van der Waals surface area contributed by atoms with Crippen molar-refractivity contribution in [2.24, 2.45) is 0 Å². The fourth-order valence-electron chi connectivity index (χ4n) is 1.78. The number of nitrogens with one attached hydrogen (secondary N) is 1. The van der Waals surface area contributed by atoms with Crippen LogP contribution >= 0.6 is 15.9 Å². The van der Waals surface area contributed by atoms with Crippen molar-refractivity contribution in [2.45, 2.75) is 20.4 Å². The van der Waals surface area contributed by atoms with Gasteiger partial charge < -0.3 is 5.32 Å². The average molecular weight is 324 g/mol. The Balaban J connectivity index is 2.43.